The van der Waals surface area contributed by atoms with Crippen molar-refractivity contribution in [3.05, 3.63) is 59.2 Å². The number of nitrogens with two attached hydrogens (primary N) is 1. The maximum atomic E-state index is 12.1. The zero-order valence-electron chi connectivity index (χ0n) is 11.6. The van der Waals surface area contributed by atoms with Crippen LogP contribution in [0, 0.1) is 13.8 Å². The topological polar surface area (TPSA) is 75.4 Å². The summed E-state index contributed by atoms with van der Waals surface area (Å²) in [6, 6.07) is 12.0. The Morgan fingerprint density at radius 1 is 1.15 bits per heavy atom. The standard InChI is InChI=1S/C16H18N2O2/c1-10-8-9-13(11(2)15(10)19)18-16(20)14(17)12-6-4-3-5-7-12/h3-9,14,19H,17H2,1-2H3,(H,18,20)/t14-/m1/s1. The first-order valence-corrected chi connectivity index (χ1v) is 6.41. The quantitative estimate of drug-likeness (QED) is 0.802. The van der Waals surface area contributed by atoms with Gasteiger partial charge in [-0.25, -0.2) is 0 Å². The predicted molar refractivity (Wildman–Crippen MR) is 79.6 cm³/mol. The summed E-state index contributed by atoms with van der Waals surface area (Å²) in [4.78, 5) is 12.1. The number of hydrogen-bond donors (Lipinski definition) is 3. The summed E-state index contributed by atoms with van der Waals surface area (Å²) >= 11 is 0. The van der Waals surface area contributed by atoms with Gasteiger partial charge in [0.15, 0.2) is 0 Å². The largest absolute Gasteiger partial charge is 0.507 e. The van der Waals surface area contributed by atoms with Gasteiger partial charge >= 0.3 is 0 Å². The van der Waals surface area contributed by atoms with E-state index >= 15 is 0 Å². The van der Waals surface area contributed by atoms with Gasteiger partial charge < -0.3 is 16.2 Å². The molecule has 4 nitrogen and oxygen atoms in total. The van der Waals surface area contributed by atoms with Crippen molar-refractivity contribution in [1.82, 2.24) is 0 Å². The van der Waals surface area contributed by atoms with E-state index in [4.69, 9.17) is 5.73 Å². The molecule has 1 amide bonds. The molecule has 4 heteroatoms. The highest BCUT2D eigenvalue weighted by Gasteiger charge is 2.17. The molecule has 20 heavy (non-hydrogen) atoms. The van der Waals surface area contributed by atoms with Crippen LogP contribution in [0.25, 0.3) is 0 Å². The van der Waals surface area contributed by atoms with E-state index in [2.05, 4.69) is 5.32 Å². The van der Waals surface area contributed by atoms with Crippen molar-refractivity contribution in [1.29, 1.82) is 0 Å². The van der Waals surface area contributed by atoms with Gasteiger partial charge in [0, 0.05) is 11.3 Å². The van der Waals surface area contributed by atoms with Crippen molar-refractivity contribution in [2.45, 2.75) is 19.9 Å². The molecule has 2 rings (SSSR count). The number of carbonyl (C=O) groups is 1. The minimum Gasteiger partial charge on any atom is -0.507 e. The third-order valence-electron chi connectivity index (χ3n) is 3.33. The number of phenols is 1. The number of aryl methyl sites for hydroxylation is 1. The van der Waals surface area contributed by atoms with Crippen LogP contribution in [0.1, 0.15) is 22.7 Å². The summed E-state index contributed by atoms with van der Waals surface area (Å²) in [6.07, 6.45) is 0. The Morgan fingerprint density at radius 3 is 2.45 bits per heavy atom. The van der Waals surface area contributed by atoms with Crippen molar-refractivity contribution >= 4 is 11.6 Å². The summed E-state index contributed by atoms with van der Waals surface area (Å²) < 4.78 is 0. The van der Waals surface area contributed by atoms with Gasteiger partial charge in [0.2, 0.25) is 5.91 Å². The number of benzene rings is 2. The molecular weight excluding hydrogens is 252 g/mol. The maximum absolute atomic E-state index is 12.1. The number of anilines is 1. The smallest absolute Gasteiger partial charge is 0.245 e. The molecule has 4 N–H and O–H groups in total. The molecular formula is C16H18N2O2. The van der Waals surface area contributed by atoms with Gasteiger partial charge in [-0.1, -0.05) is 36.4 Å². The number of carbonyl (C=O) groups excluding carboxylic acids is 1. The van der Waals surface area contributed by atoms with E-state index in [1.807, 2.05) is 37.3 Å². The normalized spacial score (nSPS) is 11.9. The lowest BCUT2D eigenvalue weighted by molar-refractivity contribution is -0.117. The third-order valence-corrected chi connectivity index (χ3v) is 3.33. The third kappa shape index (κ3) is 2.81. The first-order chi connectivity index (χ1) is 9.50. The second-order valence-corrected chi connectivity index (χ2v) is 4.78. The maximum Gasteiger partial charge on any atom is 0.245 e. The van der Waals surface area contributed by atoms with Crippen LogP contribution in [0.15, 0.2) is 42.5 Å². The molecule has 0 aromatic heterocycles. The van der Waals surface area contributed by atoms with Crippen LogP contribution in [-0.2, 0) is 4.79 Å². The SMILES string of the molecule is Cc1ccc(NC(=O)[C@H](N)c2ccccc2)c(C)c1O. The molecule has 2 aromatic carbocycles. The highest BCUT2D eigenvalue weighted by Crippen LogP contribution is 2.28. The first-order valence-electron chi connectivity index (χ1n) is 6.41. The lowest BCUT2D eigenvalue weighted by atomic mass is 10.1. The van der Waals surface area contributed by atoms with E-state index in [1.54, 1.807) is 19.1 Å². The summed E-state index contributed by atoms with van der Waals surface area (Å²) in [5.41, 5.74) is 8.66. The van der Waals surface area contributed by atoms with Gasteiger partial charge in [0.05, 0.1) is 0 Å². The summed E-state index contributed by atoms with van der Waals surface area (Å²) in [5, 5.41) is 12.6. The molecule has 0 unspecified atom stereocenters. The number of nitrogens with one attached hydrogen (secondary N) is 1. The fraction of sp³-hybridized carbons (Fsp3) is 0.188. The number of aromatic hydroxyl groups is 1. The Hall–Kier alpha value is -2.33. The molecule has 0 spiro atoms. The second-order valence-electron chi connectivity index (χ2n) is 4.78. The van der Waals surface area contributed by atoms with Crippen LogP contribution >= 0.6 is 0 Å². The van der Waals surface area contributed by atoms with Crippen LogP contribution in [0.4, 0.5) is 5.69 Å². The molecule has 1 atom stereocenters. The van der Waals surface area contributed by atoms with Gasteiger partial charge in [-0.2, -0.15) is 0 Å². The molecule has 0 saturated heterocycles. The monoisotopic (exact) mass is 270 g/mol. The molecule has 0 bridgehead atoms. The molecule has 0 radical (unpaired) electrons. The Balaban J connectivity index is 2.18. The van der Waals surface area contributed by atoms with Gasteiger partial charge in [-0.3, -0.25) is 4.79 Å². The molecule has 0 aliphatic rings. The summed E-state index contributed by atoms with van der Waals surface area (Å²) in [6.45, 7) is 3.57. The fourth-order valence-electron chi connectivity index (χ4n) is 1.99. The van der Waals surface area contributed by atoms with E-state index < -0.39 is 6.04 Å². The van der Waals surface area contributed by atoms with Crippen LogP contribution in [-0.4, -0.2) is 11.0 Å². The zero-order chi connectivity index (χ0) is 14.7. The molecule has 104 valence electrons. The second kappa shape index (κ2) is 5.75. The van der Waals surface area contributed by atoms with Crippen molar-refractivity contribution in [3.63, 3.8) is 0 Å². The minimum absolute atomic E-state index is 0.191. The molecule has 2 aromatic rings. The van der Waals surface area contributed by atoms with Crippen LogP contribution < -0.4 is 11.1 Å². The average Bonchev–Trinajstić information content (AvgIpc) is 2.48. The summed E-state index contributed by atoms with van der Waals surface area (Å²) in [7, 11) is 0. The van der Waals surface area contributed by atoms with Crippen LogP contribution in [0.5, 0.6) is 5.75 Å². The number of phenolic OH excluding ortho intramolecular Hbond substituents is 1. The van der Waals surface area contributed by atoms with Crippen molar-refractivity contribution < 1.29 is 9.90 Å². The van der Waals surface area contributed by atoms with Crippen molar-refractivity contribution in [2.24, 2.45) is 5.73 Å². The summed E-state index contributed by atoms with van der Waals surface area (Å²) in [5.74, 6) is -0.112. The van der Waals surface area contributed by atoms with E-state index in [1.165, 1.54) is 0 Å². The van der Waals surface area contributed by atoms with Gasteiger partial charge in [-0.15, -0.1) is 0 Å². The predicted octanol–water partition coefficient (Wildman–Crippen LogP) is 2.65. The van der Waals surface area contributed by atoms with Crippen molar-refractivity contribution in [2.75, 3.05) is 5.32 Å². The van der Waals surface area contributed by atoms with E-state index in [0.717, 1.165) is 11.1 Å². The number of amides is 1. The van der Waals surface area contributed by atoms with Gasteiger partial charge in [0.25, 0.3) is 0 Å². The van der Waals surface area contributed by atoms with Crippen LogP contribution in [0.2, 0.25) is 0 Å². The van der Waals surface area contributed by atoms with Crippen molar-refractivity contribution in [3.8, 4) is 5.75 Å². The molecule has 0 aliphatic carbocycles. The van der Waals surface area contributed by atoms with Crippen LogP contribution in [0.3, 0.4) is 0 Å². The lowest BCUT2D eigenvalue weighted by Crippen LogP contribution is -2.27. The zero-order valence-corrected chi connectivity index (χ0v) is 11.6. The highest BCUT2D eigenvalue weighted by molar-refractivity contribution is 5.96. The number of hydrogen-bond acceptors (Lipinski definition) is 3. The molecule has 0 heterocycles. The van der Waals surface area contributed by atoms with Gasteiger partial charge in [-0.05, 0) is 31.0 Å². The minimum atomic E-state index is -0.737. The Bertz CT molecular complexity index is 624. The molecule has 0 fully saturated rings. The highest BCUT2D eigenvalue weighted by atomic mass is 16.3. The Morgan fingerprint density at radius 2 is 1.80 bits per heavy atom. The van der Waals surface area contributed by atoms with E-state index in [9.17, 15) is 9.90 Å². The fourth-order valence-corrected chi connectivity index (χ4v) is 1.99. The van der Waals surface area contributed by atoms with E-state index in [-0.39, 0.29) is 11.7 Å². The Labute approximate surface area is 118 Å². The van der Waals surface area contributed by atoms with Gasteiger partial charge in [0.1, 0.15) is 11.8 Å². The molecule has 0 saturated carbocycles. The molecule has 0 aliphatic heterocycles. The Kier molecular flexibility index (Phi) is 4.05. The first kappa shape index (κ1) is 14.1. The average molecular weight is 270 g/mol. The lowest BCUT2D eigenvalue weighted by Gasteiger charge is -2.15. The van der Waals surface area contributed by atoms with E-state index in [0.29, 0.717) is 11.3 Å². The number of rotatable bonds is 3.